The van der Waals surface area contributed by atoms with Gasteiger partial charge in [0.2, 0.25) is 0 Å². The molecule has 0 saturated carbocycles. The van der Waals surface area contributed by atoms with Crippen molar-refractivity contribution in [3.05, 3.63) is 24.0 Å². The molecular weight excluding hydrogens is 188 g/mol. The van der Waals surface area contributed by atoms with Gasteiger partial charge in [-0.05, 0) is 31.9 Å². The smallest absolute Gasteiger partial charge is 0.138 e. The summed E-state index contributed by atoms with van der Waals surface area (Å²) in [5.41, 5.74) is 6.60. The molecule has 0 aliphatic heterocycles. The predicted molar refractivity (Wildman–Crippen MR) is 61.8 cm³/mol. The van der Waals surface area contributed by atoms with Gasteiger partial charge in [0.05, 0.1) is 18.0 Å². The average molecular weight is 208 g/mol. The number of ether oxygens (including phenoxy) is 1. The van der Waals surface area contributed by atoms with Crippen LogP contribution in [0.1, 0.15) is 39.4 Å². The second-order valence-electron chi connectivity index (χ2n) is 4.27. The number of nitrogens with two attached hydrogens (primary N) is 1. The molecule has 1 rings (SSSR count). The van der Waals surface area contributed by atoms with Crippen LogP contribution in [0.25, 0.3) is 0 Å². The largest absolute Gasteiger partial charge is 0.489 e. The van der Waals surface area contributed by atoms with Crippen LogP contribution in [0.15, 0.2) is 18.3 Å². The summed E-state index contributed by atoms with van der Waals surface area (Å²) in [6.07, 6.45) is 1.94. The summed E-state index contributed by atoms with van der Waals surface area (Å²) in [7, 11) is 0. The Balaban J connectivity index is 2.64. The minimum absolute atomic E-state index is 0.0263. The van der Waals surface area contributed by atoms with Gasteiger partial charge in [-0.1, -0.05) is 13.8 Å². The van der Waals surface area contributed by atoms with Crippen LogP contribution < -0.4 is 10.5 Å². The van der Waals surface area contributed by atoms with Crippen LogP contribution in [0.2, 0.25) is 0 Å². The van der Waals surface area contributed by atoms with E-state index in [1.54, 1.807) is 6.20 Å². The van der Waals surface area contributed by atoms with E-state index >= 15 is 0 Å². The highest BCUT2D eigenvalue weighted by Gasteiger charge is 2.09. The van der Waals surface area contributed by atoms with Gasteiger partial charge in [0.1, 0.15) is 5.75 Å². The lowest BCUT2D eigenvalue weighted by Crippen LogP contribution is -2.18. The monoisotopic (exact) mass is 208 g/mol. The van der Waals surface area contributed by atoms with Crippen LogP contribution in [0.3, 0.4) is 0 Å². The van der Waals surface area contributed by atoms with E-state index in [-0.39, 0.29) is 12.1 Å². The number of aromatic nitrogens is 1. The average Bonchev–Trinajstić information content (AvgIpc) is 2.18. The first-order valence-electron chi connectivity index (χ1n) is 5.39. The first-order valence-corrected chi connectivity index (χ1v) is 5.39. The molecular formula is C12H20N2O. The second-order valence-corrected chi connectivity index (χ2v) is 4.27. The lowest BCUT2D eigenvalue weighted by Gasteiger charge is -2.18. The summed E-state index contributed by atoms with van der Waals surface area (Å²) in [5, 5.41) is 0. The van der Waals surface area contributed by atoms with Crippen molar-refractivity contribution < 1.29 is 4.74 Å². The standard InChI is InChI=1S/C12H20N2O/c1-8(2)10(4)15-11-5-6-12(9(3)13)14-7-11/h5-10H,13H2,1-4H3. The lowest BCUT2D eigenvalue weighted by molar-refractivity contribution is 0.170. The van der Waals surface area contributed by atoms with Gasteiger partial charge in [-0.15, -0.1) is 0 Å². The van der Waals surface area contributed by atoms with Crippen LogP contribution in [-0.4, -0.2) is 11.1 Å². The van der Waals surface area contributed by atoms with Crippen LogP contribution in [-0.2, 0) is 0 Å². The maximum atomic E-state index is 5.71. The fourth-order valence-corrected chi connectivity index (χ4v) is 1.08. The van der Waals surface area contributed by atoms with E-state index in [2.05, 4.69) is 25.8 Å². The van der Waals surface area contributed by atoms with Gasteiger partial charge in [-0.2, -0.15) is 0 Å². The molecule has 3 nitrogen and oxygen atoms in total. The van der Waals surface area contributed by atoms with Gasteiger partial charge in [0, 0.05) is 6.04 Å². The van der Waals surface area contributed by atoms with Crippen molar-refractivity contribution in [1.29, 1.82) is 0 Å². The Kier molecular flexibility index (Phi) is 4.09. The normalized spacial score (nSPS) is 15.1. The Bertz CT molecular complexity index is 293. The Hall–Kier alpha value is -1.09. The highest BCUT2D eigenvalue weighted by molar-refractivity contribution is 5.21. The number of hydrogen-bond acceptors (Lipinski definition) is 3. The van der Waals surface area contributed by atoms with Crippen LogP contribution in [0.5, 0.6) is 5.75 Å². The van der Waals surface area contributed by atoms with E-state index in [1.807, 2.05) is 19.1 Å². The summed E-state index contributed by atoms with van der Waals surface area (Å²) in [6.45, 7) is 8.24. The maximum Gasteiger partial charge on any atom is 0.138 e. The van der Waals surface area contributed by atoms with Gasteiger partial charge < -0.3 is 10.5 Å². The molecule has 1 heterocycles. The molecule has 0 saturated heterocycles. The van der Waals surface area contributed by atoms with E-state index in [4.69, 9.17) is 10.5 Å². The third-order valence-corrected chi connectivity index (χ3v) is 2.49. The van der Waals surface area contributed by atoms with E-state index < -0.39 is 0 Å². The number of nitrogens with zero attached hydrogens (tertiary/aromatic N) is 1. The van der Waals surface area contributed by atoms with Crippen molar-refractivity contribution in [2.75, 3.05) is 0 Å². The summed E-state index contributed by atoms with van der Waals surface area (Å²) < 4.78 is 5.71. The molecule has 0 aromatic carbocycles. The zero-order valence-corrected chi connectivity index (χ0v) is 9.90. The topological polar surface area (TPSA) is 48.1 Å². The Morgan fingerprint density at radius 1 is 1.20 bits per heavy atom. The minimum atomic E-state index is -0.0263. The Morgan fingerprint density at radius 3 is 2.27 bits per heavy atom. The number of pyridine rings is 1. The number of hydrogen-bond donors (Lipinski definition) is 1. The second kappa shape index (κ2) is 5.12. The van der Waals surface area contributed by atoms with Crippen LogP contribution in [0.4, 0.5) is 0 Å². The quantitative estimate of drug-likeness (QED) is 0.827. The maximum absolute atomic E-state index is 5.71. The number of rotatable bonds is 4. The minimum Gasteiger partial charge on any atom is -0.489 e. The van der Waals surface area contributed by atoms with Crippen molar-refractivity contribution >= 4 is 0 Å². The fraction of sp³-hybridized carbons (Fsp3) is 0.583. The van der Waals surface area contributed by atoms with Gasteiger partial charge in [0.25, 0.3) is 0 Å². The first kappa shape index (κ1) is 12.0. The molecule has 1 aromatic rings. The van der Waals surface area contributed by atoms with Crippen LogP contribution >= 0.6 is 0 Å². The van der Waals surface area contributed by atoms with Crippen molar-refractivity contribution in [3.63, 3.8) is 0 Å². The van der Waals surface area contributed by atoms with E-state index in [1.165, 1.54) is 0 Å². The van der Waals surface area contributed by atoms with E-state index in [0.717, 1.165) is 11.4 Å². The zero-order valence-electron chi connectivity index (χ0n) is 9.90. The molecule has 0 radical (unpaired) electrons. The van der Waals surface area contributed by atoms with E-state index in [9.17, 15) is 0 Å². The molecule has 2 atom stereocenters. The highest BCUT2D eigenvalue weighted by Crippen LogP contribution is 2.16. The third kappa shape index (κ3) is 3.51. The molecule has 84 valence electrons. The predicted octanol–water partition coefficient (Wildman–Crippen LogP) is 2.52. The van der Waals surface area contributed by atoms with Gasteiger partial charge >= 0.3 is 0 Å². The summed E-state index contributed by atoms with van der Waals surface area (Å²) in [5.74, 6) is 1.30. The first-order chi connectivity index (χ1) is 7.00. The molecule has 15 heavy (non-hydrogen) atoms. The van der Waals surface area contributed by atoms with Crippen LogP contribution in [0, 0.1) is 5.92 Å². The Labute approximate surface area is 91.7 Å². The molecule has 2 unspecified atom stereocenters. The Morgan fingerprint density at radius 2 is 1.87 bits per heavy atom. The van der Waals surface area contributed by atoms with Crippen molar-refractivity contribution in [2.45, 2.75) is 39.8 Å². The van der Waals surface area contributed by atoms with Gasteiger partial charge in [-0.3, -0.25) is 4.98 Å². The molecule has 1 aromatic heterocycles. The molecule has 0 fully saturated rings. The molecule has 3 heteroatoms. The van der Waals surface area contributed by atoms with Crippen molar-refractivity contribution in [2.24, 2.45) is 11.7 Å². The molecule has 0 bridgehead atoms. The molecule has 0 spiro atoms. The summed E-state index contributed by atoms with van der Waals surface area (Å²) in [4.78, 5) is 4.24. The molecule has 0 aliphatic carbocycles. The van der Waals surface area contributed by atoms with Crippen molar-refractivity contribution in [1.82, 2.24) is 4.98 Å². The fourth-order valence-electron chi connectivity index (χ4n) is 1.08. The SMILES string of the molecule is CC(N)c1ccc(OC(C)C(C)C)cn1. The summed E-state index contributed by atoms with van der Waals surface area (Å²) >= 11 is 0. The van der Waals surface area contributed by atoms with Gasteiger partial charge in [0.15, 0.2) is 0 Å². The highest BCUT2D eigenvalue weighted by atomic mass is 16.5. The third-order valence-electron chi connectivity index (χ3n) is 2.49. The van der Waals surface area contributed by atoms with Crippen molar-refractivity contribution in [3.8, 4) is 5.75 Å². The molecule has 0 aliphatic rings. The molecule has 0 amide bonds. The zero-order chi connectivity index (χ0) is 11.4. The lowest BCUT2D eigenvalue weighted by atomic mass is 10.1. The summed E-state index contributed by atoms with van der Waals surface area (Å²) in [6, 6.07) is 3.80. The van der Waals surface area contributed by atoms with Gasteiger partial charge in [-0.25, -0.2) is 0 Å². The van der Waals surface area contributed by atoms with E-state index in [0.29, 0.717) is 5.92 Å². The molecule has 2 N–H and O–H groups in total.